The third-order valence-electron chi connectivity index (χ3n) is 4.33. The lowest BCUT2D eigenvalue weighted by Gasteiger charge is -2.28. The maximum atomic E-state index is 12.5. The summed E-state index contributed by atoms with van der Waals surface area (Å²) < 4.78 is 11.1. The highest BCUT2D eigenvalue weighted by Gasteiger charge is 2.12. The van der Waals surface area contributed by atoms with Crippen LogP contribution < -0.4 is 15.0 Å². The van der Waals surface area contributed by atoms with E-state index in [1.54, 1.807) is 29.9 Å². The maximum Gasteiger partial charge on any atom is 0.256 e. The second kappa shape index (κ2) is 8.81. The summed E-state index contributed by atoms with van der Waals surface area (Å²) in [5.41, 5.74) is 4.16. The zero-order valence-electron chi connectivity index (χ0n) is 15.2. The quantitative estimate of drug-likeness (QED) is 0.690. The Labute approximate surface area is 167 Å². The molecule has 3 heterocycles. The van der Waals surface area contributed by atoms with E-state index in [4.69, 9.17) is 9.47 Å². The highest BCUT2D eigenvalue weighted by Crippen LogP contribution is 2.19. The van der Waals surface area contributed by atoms with E-state index in [2.05, 4.69) is 20.2 Å². The minimum Gasteiger partial charge on any atom is -0.487 e. The summed E-state index contributed by atoms with van der Waals surface area (Å²) in [6.45, 7) is 3.51. The van der Waals surface area contributed by atoms with Gasteiger partial charge in [0, 0.05) is 24.0 Å². The van der Waals surface area contributed by atoms with Gasteiger partial charge in [0.05, 0.1) is 36.3 Å². The van der Waals surface area contributed by atoms with Crippen molar-refractivity contribution in [3.8, 4) is 5.75 Å². The van der Waals surface area contributed by atoms with E-state index >= 15 is 0 Å². The first-order chi connectivity index (χ1) is 13.8. The Morgan fingerprint density at radius 3 is 2.86 bits per heavy atom. The fourth-order valence-electron chi connectivity index (χ4n) is 2.85. The van der Waals surface area contributed by atoms with E-state index in [0.717, 1.165) is 37.7 Å². The van der Waals surface area contributed by atoms with Crippen LogP contribution >= 0.6 is 11.3 Å². The van der Waals surface area contributed by atoms with Crippen LogP contribution in [0.3, 0.4) is 0 Å². The van der Waals surface area contributed by atoms with Gasteiger partial charge in [-0.25, -0.2) is 9.97 Å². The normalized spacial score (nSPS) is 13.9. The van der Waals surface area contributed by atoms with Gasteiger partial charge in [-0.1, -0.05) is 6.07 Å². The van der Waals surface area contributed by atoms with Crippen LogP contribution in [0.5, 0.6) is 5.75 Å². The molecule has 3 aromatic rings. The standard InChI is InChI=1S/C20H20N4O3S/c25-20(15-2-1-3-18(10-15)27-12-16-13-28-14-22-16)23-19-5-4-17(11-21-19)24-6-8-26-9-7-24/h1-5,10-11,13-14H,6-9,12H2,(H,21,23,25). The highest BCUT2D eigenvalue weighted by atomic mass is 32.1. The van der Waals surface area contributed by atoms with Crippen LogP contribution in [0, 0.1) is 0 Å². The van der Waals surface area contributed by atoms with Crippen molar-refractivity contribution in [2.24, 2.45) is 0 Å². The van der Waals surface area contributed by atoms with Crippen LogP contribution in [-0.4, -0.2) is 42.2 Å². The Balaban J connectivity index is 1.37. The van der Waals surface area contributed by atoms with Crippen molar-refractivity contribution in [2.75, 3.05) is 36.5 Å². The van der Waals surface area contributed by atoms with Gasteiger partial charge in [0.15, 0.2) is 0 Å². The molecule has 1 aliphatic heterocycles. The Morgan fingerprint density at radius 2 is 2.11 bits per heavy atom. The largest absolute Gasteiger partial charge is 0.487 e. The Kier molecular flexibility index (Phi) is 5.79. The average Bonchev–Trinajstić information content (AvgIpc) is 3.27. The molecule has 0 bridgehead atoms. The van der Waals surface area contributed by atoms with E-state index in [1.807, 2.05) is 23.6 Å². The number of anilines is 2. The molecule has 144 valence electrons. The van der Waals surface area contributed by atoms with Crippen LogP contribution in [0.4, 0.5) is 11.5 Å². The minimum absolute atomic E-state index is 0.231. The smallest absolute Gasteiger partial charge is 0.256 e. The number of rotatable bonds is 6. The van der Waals surface area contributed by atoms with Crippen molar-refractivity contribution in [1.29, 1.82) is 0 Å². The second-order valence-electron chi connectivity index (χ2n) is 6.25. The lowest BCUT2D eigenvalue weighted by Crippen LogP contribution is -2.36. The molecule has 1 saturated heterocycles. The molecule has 0 saturated carbocycles. The van der Waals surface area contributed by atoms with Crippen molar-refractivity contribution in [1.82, 2.24) is 9.97 Å². The minimum atomic E-state index is -0.231. The Bertz CT molecular complexity index is 909. The molecular formula is C20H20N4O3S. The Morgan fingerprint density at radius 1 is 1.21 bits per heavy atom. The van der Waals surface area contributed by atoms with Crippen LogP contribution in [-0.2, 0) is 11.3 Å². The molecule has 7 nitrogen and oxygen atoms in total. The summed E-state index contributed by atoms with van der Waals surface area (Å²) in [4.78, 5) is 23.3. The highest BCUT2D eigenvalue weighted by molar-refractivity contribution is 7.07. The first-order valence-electron chi connectivity index (χ1n) is 8.98. The number of morpholine rings is 1. The number of ether oxygens (including phenoxy) is 2. The number of pyridine rings is 1. The molecule has 8 heteroatoms. The number of nitrogens with zero attached hydrogens (tertiary/aromatic N) is 3. The molecule has 0 atom stereocenters. The van der Waals surface area contributed by atoms with E-state index in [1.165, 1.54) is 11.3 Å². The average molecular weight is 396 g/mol. The number of thiazole rings is 1. The van der Waals surface area contributed by atoms with E-state index in [0.29, 0.717) is 23.7 Å². The number of nitrogens with one attached hydrogen (secondary N) is 1. The van der Waals surface area contributed by atoms with Gasteiger partial charge in [-0.15, -0.1) is 11.3 Å². The number of carbonyl (C=O) groups excluding carboxylic acids is 1. The molecule has 0 radical (unpaired) electrons. The molecule has 0 aliphatic carbocycles. The van der Waals surface area contributed by atoms with Crippen LogP contribution in [0.2, 0.25) is 0 Å². The summed E-state index contributed by atoms with van der Waals surface area (Å²) >= 11 is 1.52. The fraction of sp³-hybridized carbons (Fsp3) is 0.250. The van der Waals surface area contributed by atoms with Crippen LogP contribution in [0.15, 0.2) is 53.5 Å². The molecule has 0 unspecified atom stereocenters. The van der Waals surface area contributed by atoms with Gasteiger partial charge in [-0.2, -0.15) is 0 Å². The third kappa shape index (κ3) is 4.65. The number of carbonyl (C=O) groups is 1. The van der Waals surface area contributed by atoms with Gasteiger partial charge in [-0.05, 0) is 30.3 Å². The molecule has 2 aromatic heterocycles. The number of hydrogen-bond acceptors (Lipinski definition) is 7. The summed E-state index contributed by atoms with van der Waals surface area (Å²) in [5.74, 6) is 0.901. The number of benzene rings is 1. The molecule has 28 heavy (non-hydrogen) atoms. The van der Waals surface area contributed by atoms with Crippen molar-refractivity contribution in [3.63, 3.8) is 0 Å². The van der Waals surface area contributed by atoms with Crippen molar-refractivity contribution >= 4 is 28.7 Å². The first-order valence-corrected chi connectivity index (χ1v) is 9.92. The number of hydrogen-bond donors (Lipinski definition) is 1. The molecule has 4 rings (SSSR count). The number of amides is 1. The van der Waals surface area contributed by atoms with Crippen molar-refractivity contribution in [2.45, 2.75) is 6.61 Å². The second-order valence-corrected chi connectivity index (χ2v) is 6.97. The van der Waals surface area contributed by atoms with Crippen LogP contribution in [0.25, 0.3) is 0 Å². The van der Waals surface area contributed by atoms with Crippen LogP contribution in [0.1, 0.15) is 16.1 Å². The van der Waals surface area contributed by atoms with Gasteiger partial charge >= 0.3 is 0 Å². The van der Waals surface area contributed by atoms with Gasteiger partial charge in [-0.3, -0.25) is 4.79 Å². The fourth-order valence-corrected chi connectivity index (χ4v) is 3.39. The summed E-state index contributed by atoms with van der Waals surface area (Å²) in [6.07, 6.45) is 1.77. The molecule has 1 aromatic carbocycles. The molecule has 1 aliphatic rings. The lowest BCUT2D eigenvalue weighted by atomic mass is 10.2. The molecule has 1 N–H and O–H groups in total. The maximum absolute atomic E-state index is 12.5. The molecule has 0 spiro atoms. The van der Waals surface area contributed by atoms with E-state index in [9.17, 15) is 4.79 Å². The first kappa shape index (κ1) is 18.4. The zero-order chi connectivity index (χ0) is 19.2. The van der Waals surface area contributed by atoms with E-state index in [-0.39, 0.29) is 5.91 Å². The van der Waals surface area contributed by atoms with Gasteiger partial charge in [0.2, 0.25) is 0 Å². The molecular weight excluding hydrogens is 376 g/mol. The molecule has 1 amide bonds. The monoisotopic (exact) mass is 396 g/mol. The van der Waals surface area contributed by atoms with Crippen molar-refractivity contribution in [3.05, 3.63) is 64.7 Å². The predicted molar refractivity (Wildman–Crippen MR) is 108 cm³/mol. The zero-order valence-corrected chi connectivity index (χ0v) is 16.0. The summed E-state index contributed by atoms with van der Waals surface area (Å²) in [5, 5.41) is 4.76. The van der Waals surface area contributed by atoms with Gasteiger partial charge < -0.3 is 19.7 Å². The lowest BCUT2D eigenvalue weighted by molar-refractivity contribution is 0.102. The van der Waals surface area contributed by atoms with Gasteiger partial charge in [0.1, 0.15) is 18.2 Å². The SMILES string of the molecule is O=C(Nc1ccc(N2CCOCC2)cn1)c1cccc(OCc2cscn2)c1. The number of aromatic nitrogens is 2. The Hall–Kier alpha value is -2.97. The van der Waals surface area contributed by atoms with Gasteiger partial charge in [0.25, 0.3) is 5.91 Å². The van der Waals surface area contributed by atoms with Crippen molar-refractivity contribution < 1.29 is 14.3 Å². The summed E-state index contributed by atoms with van der Waals surface area (Å²) in [7, 11) is 0. The topological polar surface area (TPSA) is 76.6 Å². The predicted octanol–water partition coefficient (Wildman–Crippen LogP) is 3.21. The molecule has 1 fully saturated rings. The third-order valence-corrected chi connectivity index (χ3v) is 4.97. The summed E-state index contributed by atoms with van der Waals surface area (Å²) in [6, 6.07) is 10.8. The van der Waals surface area contributed by atoms with E-state index < -0.39 is 0 Å².